The largest absolute Gasteiger partial charge is 0.472 e. The van der Waals surface area contributed by atoms with Gasteiger partial charge in [-0.1, -0.05) is 36.4 Å². The number of aliphatic hydroxyl groups is 1. The van der Waals surface area contributed by atoms with Crippen LogP contribution in [0, 0.1) is 5.92 Å². The Labute approximate surface area is 207 Å². The number of aromatic nitrogens is 2. The van der Waals surface area contributed by atoms with Crippen molar-refractivity contribution < 1.29 is 23.0 Å². The van der Waals surface area contributed by atoms with Crippen molar-refractivity contribution in [3.63, 3.8) is 0 Å². The maximum atomic E-state index is 13.9. The number of halogens is 3. The number of piperidine rings is 1. The average Bonchev–Trinajstić information content (AvgIpc) is 2.88. The van der Waals surface area contributed by atoms with Gasteiger partial charge in [-0.3, -0.25) is 4.98 Å². The minimum absolute atomic E-state index is 0.00756. The molecule has 2 aromatic heterocycles. The fourth-order valence-corrected chi connectivity index (χ4v) is 4.81. The smallest absolute Gasteiger partial charge is 0.396 e. The number of pyridine rings is 2. The maximum absolute atomic E-state index is 13.9. The Kier molecular flexibility index (Phi) is 6.40. The Balaban J connectivity index is 1.50. The van der Waals surface area contributed by atoms with Gasteiger partial charge in [0.1, 0.15) is 18.1 Å². The minimum Gasteiger partial charge on any atom is -0.472 e. The van der Waals surface area contributed by atoms with Crippen LogP contribution in [-0.4, -0.2) is 46.3 Å². The van der Waals surface area contributed by atoms with Crippen LogP contribution in [0.1, 0.15) is 17.5 Å². The number of fused-ring (bicyclic) bond motifs is 1. The Morgan fingerprint density at radius 3 is 2.64 bits per heavy atom. The number of rotatable bonds is 5. The highest BCUT2D eigenvalue weighted by Gasteiger charge is 2.55. The topological polar surface area (TPSA) is 58.5 Å². The third kappa shape index (κ3) is 4.79. The number of likely N-dealkylation sites (tertiary alicyclic amines) is 1. The molecule has 1 fully saturated rings. The molecule has 5 nitrogen and oxygen atoms in total. The number of nitrogens with zero attached hydrogens (tertiary/aromatic N) is 3. The predicted octanol–water partition coefficient (Wildman–Crippen LogP) is 5.58. The van der Waals surface area contributed by atoms with E-state index >= 15 is 0 Å². The number of alkyl halides is 3. The summed E-state index contributed by atoms with van der Waals surface area (Å²) in [6.45, 7) is 0.460. The van der Waals surface area contributed by atoms with Crippen molar-refractivity contribution in [1.82, 2.24) is 14.9 Å². The molecule has 2 atom stereocenters. The van der Waals surface area contributed by atoms with E-state index in [-0.39, 0.29) is 18.5 Å². The molecule has 1 aliphatic rings. The lowest BCUT2D eigenvalue weighted by Gasteiger charge is -2.44. The summed E-state index contributed by atoms with van der Waals surface area (Å²) in [7, 11) is 1.64. The third-order valence-electron chi connectivity index (χ3n) is 6.82. The first-order valence-corrected chi connectivity index (χ1v) is 11.7. The molecule has 0 amide bonds. The summed E-state index contributed by atoms with van der Waals surface area (Å²) >= 11 is 0. The van der Waals surface area contributed by atoms with E-state index in [0.29, 0.717) is 29.9 Å². The zero-order valence-electron chi connectivity index (χ0n) is 19.7. The second kappa shape index (κ2) is 9.52. The third-order valence-corrected chi connectivity index (χ3v) is 6.82. The first kappa shape index (κ1) is 24.2. The normalized spacial score (nSPS) is 21.0. The lowest BCUT2D eigenvalue weighted by molar-refractivity contribution is -0.246. The monoisotopic (exact) mass is 493 g/mol. The van der Waals surface area contributed by atoms with Gasteiger partial charge in [0.15, 0.2) is 0 Å². The molecule has 0 spiro atoms. The molecule has 2 aromatic carbocycles. The predicted molar refractivity (Wildman–Crippen MR) is 131 cm³/mol. The van der Waals surface area contributed by atoms with Crippen molar-refractivity contribution in [3.8, 4) is 17.0 Å². The Morgan fingerprint density at radius 2 is 1.86 bits per heavy atom. The van der Waals surface area contributed by atoms with Crippen LogP contribution in [0.25, 0.3) is 22.0 Å². The van der Waals surface area contributed by atoms with Crippen molar-refractivity contribution in [1.29, 1.82) is 0 Å². The highest BCUT2D eigenvalue weighted by atomic mass is 19.4. The lowest BCUT2D eigenvalue weighted by Crippen LogP contribution is -2.54. The summed E-state index contributed by atoms with van der Waals surface area (Å²) in [5.74, 6) is -1.45. The highest BCUT2D eigenvalue weighted by Crippen LogP contribution is 2.46. The van der Waals surface area contributed by atoms with E-state index in [4.69, 9.17) is 4.74 Å². The van der Waals surface area contributed by atoms with Crippen molar-refractivity contribution in [3.05, 3.63) is 90.3 Å². The second-order valence-electron chi connectivity index (χ2n) is 9.29. The molecule has 186 valence electrons. The summed E-state index contributed by atoms with van der Waals surface area (Å²) in [6, 6.07) is 20.1. The standard InChI is InChI=1S/C28H26F3N3O2/c1-34-13-11-27(35,25(17-34)28(29,30)31)22-9-10-24-20(15-22)14-21(16-33-24)23-8-5-12-32-26(23)36-18-19-6-3-2-4-7-19/h2-10,12,14-16,25,35H,11,13,17-18H2,1H3. The van der Waals surface area contributed by atoms with E-state index in [1.165, 1.54) is 0 Å². The molecule has 5 rings (SSSR count). The molecular formula is C28H26F3N3O2. The van der Waals surface area contributed by atoms with Crippen LogP contribution in [0.2, 0.25) is 0 Å². The van der Waals surface area contributed by atoms with Gasteiger partial charge in [0.05, 0.1) is 5.52 Å². The van der Waals surface area contributed by atoms with E-state index < -0.39 is 17.7 Å². The number of benzene rings is 2. The Bertz CT molecular complexity index is 1360. The van der Waals surface area contributed by atoms with Gasteiger partial charge in [0.2, 0.25) is 5.88 Å². The fraction of sp³-hybridized carbons (Fsp3) is 0.286. The van der Waals surface area contributed by atoms with Crippen LogP contribution in [0.15, 0.2) is 79.1 Å². The molecule has 36 heavy (non-hydrogen) atoms. The lowest BCUT2D eigenvalue weighted by atomic mass is 9.75. The zero-order chi connectivity index (χ0) is 25.3. The van der Waals surface area contributed by atoms with Crippen LogP contribution >= 0.6 is 0 Å². The SMILES string of the molecule is CN1CCC(O)(c2ccc3ncc(-c4cccnc4OCc4ccccc4)cc3c2)C(C(F)(F)F)C1. The van der Waals surface area contributed by atoms with Crippen LogP contribution < -0.4 is 4.74 Å². The van der Waals surface area contributed by atoms with E-state index in [2.05, 4.69) is 9.97 Å². The molecule has 0 radical (unpaired) electrons. The molecule has 0 bridgehead atoms. The molecule has 1 saturated heterocycles. The summed E-state index contributed by atoms with van der Waals surface area (Å²) < 4.78 is 47.7. The zero-order valence-corrected chi connectivity index (χ0v) is 19.7. The van der Waals surface area contributed by atoms with E-state index in [9.17, 15) is 18.3 Å². The van der Waals surface area contributed by atoms with E-state index in [1.54, 1.807) is 48.6 Å². The van der Waals surface area contributed by atoms with Crippen molar-refractivity contribution in [2.45, 2.75) is 24.8 Å². The van der Waals surface area contributed by atoms with E-state index in [0.717, 1.165) is 16.7 Å². The Hall–Kier alpha value is -3.49. The van der Waals surface area contributed by atoms with Crippen LogP contribution in [0.3, 0.4) is 0 Å². The first-order chi connectivity index (χ1) is 17.2. The molecule has 0 saturated carbocycles. The van der Waals surface area contributed by atoms with Gasteiger partial charge in [-0.2, -0.15) is 13.2 Å². The number of hydrogen-bond acceptors (Lipinski definition) is 5. The fourth-order valence-electron chi connectivity index (χ4n) is 4.81. The van der Waals surface area contributed by atoms with Gasteiger partial charge >= 0.3 is 6.18 Å². The van der Waals surface area contributed by atoms with Gasteiger partial charge in [-0.25, -0.2) is 4.98 Å². The number of ether oxygens (including phenoxy) is 1. The van der Waals surface area contributed by atoms with Crippen molar-refractivity contribution in [2.24, 2.45) is 5.92 Å². The average molecular weight is 494 g/mol. The van der Waals surface area contributed by atoms with Crippen LogP contribution in [0.4, 0.5) is 13.2 Å². The highest BCUT2D eigenvalue weighted by molar-refractivity contribution is 5.85. The van der Waals surface area contributed by atoms with Gasteiger partial charge < -0.3 is 14.7 Å². The molecule has 0 aliphatic carbocycles. The minimum atomic E-state index is -4.53. The molecule has 4 aromatic rings. The van der Waals surface area contributed by atoms with Crippen LogP contribution in [0.5, 0.6) is 5.88 Å². The van der Waals surface area contributed by atoms with Gasteiger partial charge in [-0.15, -0.1) is 0 Å². The van der Waals surface area contributed by atoms with Crippen LogP contribution in [-0.2, 0) is 12.2 Å². The molecule has 2 unspecified atom stereocenters. The maximum Gasteiger partial charge on any atom is 0.396 e. The van der Waals surface area contributed by atoms with Crippen molar-refractivity contribution >= 4 is 10.9 Å². The first-order valence-electron chi connectivity index (χ1n) is 11.7. The molecule has 1 aliphatic heterocycles. The van der Waals surface area contributed by atoms with E-state index in [1.807, 2.05) is 42.5 Å². The van der Waals surface area contributed by atoms with Crippen molar-refractivity contribution in [2.75, 3.05) is 20.1 Å². The number of hydrogen-bond donors (Lipinski definition) is 1. The second-order valence-corrected chi connectivity index (χ2v) is 9.29. The van der Waals surface area contributed by atoms with Gasteiger partial charge in [0.25, 0.3) is 0 Å². The Morgan fingerprint density at radius 1 is 1.06 bits per heavy atom. The summed E-state index contributed by atoms with van der Waals surface area (Å²) in [5.41, 5.74) is 1.31. The summed E-state index contributed by atoms with van der Waals surface area (Å²) in [6.07, 6.45) is -1.20. The van der Waals surface area contributed by atoms with Gasteiger partial charge in [-0.05, 0) is 54.9 Å². The quantitative estimate of drug-likeness (QED) is 0.394. The summed E-state index contributed by atoms with van der Waals surface area (Å²) in [4.78, 5) is 10.5. The molecule has 3 heterocycles. The molecular weight excluding hydrogens is 467 g/mol. The van der Waals surface area contributed by atoms with Gasteiger partial charge in [0, 0.05) is 42.0 Å². The molecule has 8 heteroatoms. The summed E-state index contributed by atoms with van der Waals surface area (Å²) in [5, 5.41) is 12.0. The molecule has 1 N–H and O–H groups in total.